The summed E-state index contributed by atoms with van der Waals surface area (Å²) in [6, 6.07) is 5.17. The molecule has 0 aromatic heterocycles. The molecule has 1 aromatic carbocycles. The van der Waals surface area contributed by atoms with E-state index in [0.29, 0.717) is 42.7 Å². The van der Waals surface area contributed by atoms with Crippen molar-refractivity contribution in [2.24, 2.45) is 5.92 Å². The molecule has 1 saturated heterocycles. The number of hydrogen-bond donors (Lipinski definition) is 1. The minimum Gasteiger partial charge on any atom is -0.486 e. The lowest BCUT2D eigenvalue weighted by molar-refractivity contribution is 0.0647. The standard InChI is InChI=1S/C15H19NO4/c1-10-4-5-16(12(10)9-17)15(18)11-2-3-13-14(8-11)20-7-6-19-13/h2-3,8,10,12,17H,4-7,9H2,1H3. The van der Waals surface area contributed by atoms with Crippen LogP contribution in [0.25, 0.3) is 0 Å². The van der Waals surface area contributed by atoms with Crippen molar-refractivity contribution in [3.8, 4) is 11.5 Å². The zero-order chi connectivity index (χ0) is 14.1. The molecule has 20 heavy (non-hydrogen) atoms. The second kappa shape index (κ2) is 5.32. The summed E-state index contributed by atoms with van der Waals surface area (Å²) in [5, 5.41) is 9.46. The fraction of sp³-hybridized carbons (Fsp3) is 0.533. The Labute approximate surface area is 118 Å². The van der Waals surface area contributed by atoms with E-state index < -0.39 is 0 Å². The van der Waals surface area contributed by atoms with Crippen molar-refractivity contribution in [3.63, 3.8) is 0 Å². The van der Waals surface area contributed by atoms with Crippen molar-refractivity contribution in [1.82, 2.24) is 4.90 Å². The maximum Gasteiger partial charge on any atom is 0.254 e. The Morgan fingerprint density at radius 3 is 2.85 bits per heavy atom. The van der Waals surface area contributed by atoms with E-state index in [1.165, 1.54) is 0 Å². The maximum absolute atomic E-state index is 12.6. The van der Waals surface area contributed by atoms with Gasteiger partial charge in [0.05, 0.1) is 12.6 Å². The highest BCUT2D eigenvalue weighted by Gasteiger charge is 2.34. The summed E-state index contributed by atoms with van der Waals surface area (Å²) in [4.78, 5) is 14.3. The zero-order valence-electron chi connectivity index (χ0n) is 11.5. The third kappa shape index (κ3) is 2.22. The number of fused-ring (bicyclic) bond motifs is 1. The Hall–Kier alpha value is -1.75. The Morgan fingerprint density at radius 2 is 2.10 bits per heavy atom. The van der Waals surface area contributed by atoms with Crippen LogP contribution >= 0.6 is 0 Å². The first-order chi connectivity index (χ1) is 9.70. The molecule has 0 saturated carbocycles. The number of likely N-dealkylation sites (tertiary alicyclic amines) is 1. The number of amides is 1. The number of aliphatic hydroxyl groups excluding tert-OH is 1. The predicted octanol–water partition coefficient (Wildman–Crippen LogP) is 1.30. The van der Waals surface area contributed by atoms with Gasteiger partial charge in [-0.3, -0.25) is 4.79 Å². The van der Waals surface area contributed by atoms with E-state index in [1.54, 1.807) is 23.1 Å². The first kappa shape index (κ1) is 13.2. The average molecular weight is 277 g/mol. The van der Waals surface area contributed by atoms with Crippen LogP contribution in [0, 0.1) is 5.92 Å². The second-order valence-corrected chi connectivity index (χ2v) is 5.37. The van der Waals surface area contributed by atoms with Crippen LogP contribution in [0.5, 0.6) is 11.5 Å². The van der Waals surface area contributed by atoms with Crippen molar-refractivity contribution in [1.29, 1.82) is 0 Å². The highest BCUT2D eigenvalue weighted by molar-refractivity contribution is 5.95. The van der Waals surface area contributed by atoms with Crippen molar-refractivity contribution in [2.45, 2.75) is 19.4 Å². The molecule has 0 radical (unpaired) electrons. The summed E-state index contributed by atoms with van der Waals surface area (Å²) < 4.78 is 11.0. The summed E-state index contributed by atoms with van der Waals surface area (Å²) >= 11 is 0. The summed E-state index contributed by atoms with van der Waals surface area (Å²) in [7, 11) is 0. The quantitative estimate of drug-likeness (QED) is 0.885. The van der Waals surface area contributed by atoms with Gasteiger partial charge < -0.3 is 19.5 Å². The highest BCUT2D eigenvalue weighted by Crippen LogP contribution is 2.32. The predicted molar refractivity (Wildman–Crippen MR) is 73.1 cm³/mol. The molecule has 2 aliphatic rings. The molecule has 2 aliphatic heterocycles. The van der Waals surface area contributed by atoms with E-state index in [9.17, 15) is 9.90 Å². The number of nitrogens with zero attached hydrogens (tertiary/aromatic N) is 1. The lowest BCUT2D eigenvalue weighted by Crippen LogP contribution is -2.39. The fourth-order valence-electron chi connectivity index (χ4n) is 2.88. The van der Waals surface area contributed by atoms with Crippen LogP contribution in [0.3, 0.4) is 0 Å². The first-order valence-corrected chi connectivity index (χ1v) is 7.02. The molecule has 0 aliphatic carbocycles. The van der Waals surface area contributed by atoms with E-state index in [0.717, 1.165) is 6.42 Å². The van der Waals surface area contributed by atoms with Crippen LogP contribution in [0.15, 0.2) is 18.2 Å². The van der Waals surface area contributed by atoms with Gasteiger partial charge in [0, 0.05) is 12.1 Å². The molecule has 3 rings (SSSR count). The second-order valence-electron chi connectivity index (χ2n) is 5.37. The van der Waals surface area contributed by atoms with Crippen molar-refractivity contribution in [2.75, 3.05) is 26.4 Å². The molecule has 0 bridgehead atoms. The fourth-order valence-corrected chi connectivity index (χ4v) is 2.88. The number of ether oxygens (including phenoxy) is 2. The Kier molecular flexibility index (Phi) is 3.53. The zero-order valence-corrected chi connectivity index (χ0v) is 11.5. The molecule has 5 heteroatoms. The van der Waals surface area contributed by atoms with Crippen LogP contribution in [0.2, 0.25) is 0 Å². The summed E-state index contributed by atoms with van der Waals surface area (Å²) in [5.74, 6) is 1.59. The molecule has 108 valence electrons. The number of rotatable bonds is 2. The van der Waals surface area contributed by atoms with Crippen molar-refractivity contribution >= 4 is 5.91 Å². The lowest BCUT2D eigenvalue weighted by atomic mass is 10.0. The SMILES string of the molecule is CC1CCN(C(=O)c2ccc3c(c2)OCCO3)C1CO. The van der Waals surface area contributed by atoms with Crippen LogP contribution in [0.4, 0.5) is 0 Å². The van der Waals surface area contributed by atoms with Gasteiger partial charge in [-0.15, -0.1) is 0 Å². The van der Waals surface area contributed by atoms with E-state index in [4.69, 9.17) is 9.47 Å². The molecule has 2 unspecified atom stereocenters. The molecule has 0 spiro atoms. The Balaban J connectivity index is 1.83. The van der Waals surface area contributed by atoms with Crippen LogP contribution < -0.4 is 9.47 Å². The van der Waals surface area contributed by atoms with Crippen molar-refractivity contribution in [3.05, 3.63) is 23.8 Å². The molecule has 2 atom stereocenters. The van der Waals surface area contributed by atoms with Crippen LogP contribution in [-0.2, 0) is 0 Å². The summed E-state index contributed by atoms with van der Waals surface area (Å²) in [6.45, 7) is 3.82. The van der Waals surface area contributed by atoms with Crippen LogP contribution in [-0.4, -0.2) is 48.3 Å². The summed E-state index contributed by atoms with van der Waals surface area (Å²) in [5.41, 5.74) is 0.585. The Morgan fingerprint density at radius 1 is 1.35 bits per heavy atom. The van der Waals surface area contributed by atoms with Gasteiger partial charge in [0.2, 0.25) is 0 Å². The molecule has 1 aromatic rings. The molecule has 1 N–H and O–H groups in total. The number of carbonyl (C=O) groups is 1. The van der Waals surface area contributed by atoms with Gasteiger partial charge in [0.1, 0.15) is 13.2 Å². The Bertz CT molecular complexity index is 517. The molecule has 2 heterocycles. The van der Waals surface area contributed by atoms with Crippen molar-refractivity contribution < 1.29 is 19.4 Å². The van der Waals surface area contributed by atoms with Crippen LogP contribution in [0.1, 0.15) is 23.7 Å². The number of hydrogen-bond acceptors (Lipinski definition) is 4. The van der Waals surface area contributed by atoms with Gasteiger partial charge in [-0.2, -0.15) is 0 Å². The summed E-state index contributed by atoms with van der Waals surface area (Å²) in [6.07, 6.45) is 0.932. The minimum atomic E-state index is -0.0873. The minimum absolute atomic E-state index is 0.0114. The third-order valence-electron chi connectivity index (χ3n) is 4.12. The van der Waals surface area contributed by atoms with E-state index in [-0.39, 0.29) is 18.6 Å². The van der Waals surface area contributed by atoms with Gasteiger partial charge in [-0.1, -0.05) is 6.92 Å². The maximum atomic E-state index is 12.6. The number of benzene rings is 1. The van der Waals surface area contributed by atoms with Gasteiger partial charge in [-0.05, 0) is 30.5 Å². The van der Waals surface area contributed by atoms with E-state index in [2.05, 4.69) is 6.92 Å². The molecule has 1 fully saturated rings. The van der Waals surface area contributed by atoms with E-state index in [1.807, 2.05) is 0 Å². The van der Waals surface area contributed by atoms with E-state index >= 15 is 0 Å². The normalized spacial score (nSPS) is 24.8. The topological polar surface area (TPSA) is 59.0 Å². The molecule has 1 amide bonds. The van der Waals surface area contributed by atoms with Gasteiger partial charge in [-0.25, -0.2) is 0 Å². The van der Waals surface area contributed by atoms with Gasteiger partial charge >= 0.3 is 0 Å². The van der Waals surface area contributed by atoms with Gasteiger partial charge in [0.25, 0.3) is 5.91 Å². The number of carbonyl (C=O) groups excluding carboxylic acids is 1. The third-order valence-corrected chi connectivity index (χ3v) is 4.12. The average Bonchev–Trinajstić information content (AvgIpc) is 2.86. The van der Waals surface area contributed by atoms with Gasteiger partial charge in [0.15, 0.2) is 11.5 Å². The lowest BCUT2D eigenvalue weighted by Gasteiger charge is -2.26. The molecule has 5 nitrogen and oxygen atoms in total. The monoisotopic (exact) mass is 277 g/mol. The highest BCUT2D eigenvalue weighted by atomic mass is 16.6. The molecular weight excluding hydrogens is 258 g/mol. The molecular formula is C15H19NO4. The largest absolute Gasteiger partial charge is 0.486 e. The smallest absolute Gasteiger partial charge is 0.254 e. The number of aliphatic hydroxyl groups is 1. The first-order valence-electron chi connectivity index (χ1n) is 7.02.